The van der Waals surface area contributed by atoms with Crippen molar-refractivity contribution >= 4 is 28.1 Å². The number of nitrogens with zero attached hydrogens (tertiary/aromatic N) is 4. The number of nitrogens with two attached hydrogens (primary N) is 1. The third kappa shape index (κ3) is 4.06. The van der Waals surface area contributed by atoms with Gasteiger partial charge in [-0.25, -0.2) is 4.52 Å². The molecule has 0 saturated heterocycles. The second-order valence-corrected chi connectivity index (χ2v) is 9.15. The van der Waals surface area contributed by atoms with Crippen LogP contribution in [0.25, 0.3) is 27.5 Å². The zero-order valence-corrected chi connectivity index (χ0v) is 20.9. The lowest BCUT2D eigenvalue weighted by Gasteiger charge is -2.15. The molecule has 0 aliphatic rings. The Bertz CT molecular complexity index is 1860. The summed E-state index contributed by atoms with van der Waals surface area (Å²) in [5.74, 6) is 6.46. The Morgan fingerprint density at radius 2 is 1.87 bits per heavy atom. The van der Waals surface area contributed by atoms with Crippen LogP contribution in [-0.4, -0.2) is 30.3 Å². The number of nitrogens with one attached hydrogen (secondary N) is 2. The van der Waals surface area contributed by atoms with E-state index in [4.69, 9.17) is 5.73 Å². The van der Waals surface area contributed by atoms with Crippen LogP contribution in [0.15, 0.2) is 85.3 Å². The van der Waals surface area contributed by atoms with E-state index in [-0.39, 0.29) is 17.8 Å². The summed E-state index contributed by atoms with van der Waals surface area (Å²) in [7, 11) is 1.87. The van der Waals surface area contributed by atoms with Crippen LogP contribution in [0.2, 0.25) is 0 Å². The third-order valence-electron chi connectivity index (χ3n) is 6.54. The molecule has 1 amide bonds. The van der Waals surface area contributed by atoms with Gasteiger partial charge in [-0.05, 0) is 36.8 Å². The van der Waals surface area contributed by atoms with Gasteiger partial charge >= 0.3 is 0 Å². The highest BCUT2D eigenvalue weighted by atomic mass is 16.1. The second kappa shape index (κ2) is 9.30. The zero-order chi connectivity index (χ0) is 26.2. The highest BCUT2D eigenvalue weighted by Gasteiger charge is 2.24. The van der Waals surface area contributed by atoms with Gasteiger partial charge in [0.1, 0.15) is 5.56 Å². The molecule has 6 rings (SSSR count). The van der Waals surface area contributed by atoms with Crippen LogP contribution in [0.5, 0.6) is 0 Å². The summed E-state index contributed by atoms with van der Waals surface area (Å²) in [5, 5.41) is 12.6. The number of carbonyl (C=O) groups excluding carboxylic acids is 1. The molecular weight excluding hydrogens is 474 g/mol. The molecule has 186 valence electrons. The predicted octanol–water partition coefficient (Wildman–Crippen LogP) is 4.69. The number of aryl methyl sites for hydroxylation is 1. The van der Waals surface area contributed by atoms with Gasteiger partial charge in [0.15, 0.2) is 5.82 Å². The average Bonchev–Trinajstić information content (AvgIpc) is 3.62. The number of aromatic nitrogens is 5. The largest absolute Gasteiger partial charge is 0.382 e. The number of benzene rings is 2. The molecule has 6 aromatic rings. The number of hydrogen-bond donors (Lipinski definition) is 3. The smallest absolute Gasteiger partial charge is 0.257 e. The average molecular weight is 500 g/mol. The maximum Gasteiger partial charge on any atom is 0.257 e. The molecule has 8 nitrogen and oxygen atoms in total. The summed E-state index contributed by atoms with van der Waals surface area (Å²) in [5.41, 5.74) is 12.7. The fraction of sp³-hybridized carbons (Fsp3) is 0.100. The second-order valence-electron chi connectivity index (χ2n) is 9.15. The van der Waals surface area contributed by atoms with Crippen LogP contribution in [0.4, 0.5) is 5.82 Å². The van der Waals surface area contributed by atoms with Gasteiger partial charge in [-0.3, -0.25) is 9.48 Å². The van der Waals surface area contributed by atoms with Crippen molar-refractivity contribution in [2.24, 2.45) is 7.05 Å². The number of aromatic amines is 1. The van der Waals surface area contributed by atoms with Crippen molar-refractivity contribution in [2.75, 3.05) is 5.73 Å². The van der Waals surface area contributed by atoms with Crippen LogP contribution in [0.3, 0.4) is 0 Å². The Morgan fingerprint density at radius 1 is 1.05 bits per heavy atom. The molecule has 0 aliphatic heterocycles. The van der Waals surface area contributed by atoms with Crippen molar-refractivity contribution in [1.29, 1.82) is 0 Å². The molecule has 4 aromatic heterocycles. The van der Waals surface area contributed by atoms with Gasteiger partial charge in [0.25, 0.3) is 5.91 Å². The first-order valence-corrected chi connectivity index (χ1v) is 12.2. The Morgan fingerprint density at radius 3 is 2.66 bits per heavy atom. The maximum atomic E-state index is 13.4. The number of nitrogen functional groups attached to an aromatic ring is 1. The van der Waals surface area contributed by atoms with E-state index < -0.39 is 0 Å². The molecule has 0 fully saturated rings. The minimum atomic E-state index is -0.359. The molecule has 1 atom stereocenters. The van der Waals surface area contributed by atoms with Crippen LogP contribution in [-0.2, 0) is 7.05 Å². The van der Waals surface area contributed by atoms with E-state index in [2.05, 4.69) is 44.5 Å². The minimum Gasteiger partial charge on any atom is -0.382 e. The molecule has 8 heteroatoms. The summed E-state index contributed by atoms with van der Waals surface area (Å²) in [6, 6.07) is 21.3. The van der Waals surface area contributed by atoms with Crippen LogP contribution in [0.1, 0.15) is 40.1 Å². The van der Waals surface area contributed by atoms with E-state index in [1.54, 1.807) is 21.6 Å². The van der Waals surface area contributed by atoms with Gasteiger partial charge in [-0.2, -0.15) is 5.10 Å². The Hall–Kier alpha value is -5.29. The van der Waals surface area contributed by atoms with E-state index in [9.17, 15) is 4.79 Å². The third-order valence-corrected chi connectivity index (χ3v) is 6.54. The molecule has 38 heavy (non-hydrogen) atoms. The number of amides is 1. The number of H-pyrrole nitrogens is 1. The van der Waals surface area contributed by atoms with Crippen LogP contribution >= 0.6 is 0 Å². The molecule has 0 radical (unpaired) electrons. The lowest BCUT2D eigenvalue weighted by Crippen LogP contribution is -2.27. The molecule has 0 spiro atoms. The molecular formula is C30H25N7O. The van der Waals surface area contributed by atoms with Gasteiger partial charge in [-0.15, -0.1) is 5.10 Å². The van der Waals surface area contributed by atoms with Gasteiger partial charge in [0.05, 0.1) is 23.3 Å². The standard InChI is InChI=1S/C30H25N7O/c1-19(33-30(38)27-24-13-6-7-16-37(24)35-29(27)31)28-26(21-9-4-3-5-10-21)25-22(11-8-12-23(25)34-28)15-14-20-17-32-36(2)18-20/h3-13,16-19,34H,1-2H3,(H2,31,35)(H,33,38). The van der Waals surface area contributed by atoms with Crippen molar-refractivity contribution in [2.45, 2.75) is 13.0 Å². The summed E-state index contributed by atoms with van der Waals surface area (Å²) >= 11 is 0. The van der Waals surface area contributed by atoms with E-state index in [0.29, 0.717) is 11.1 Å². The van der Waals surface area contributed by atoms with Gasteiger partial charge in [-0.1, -0.05) is 54.3 Å². The van der Waals surface area contributed by atoms with Crippen molar-refractivity contribution in [3.8, 4) is 23.0 Å². The summed E-state index contributed by atoms with van der Waals surface area (Å²) < 4.78 is 3.34. The molecule has 0 saturated carbocycles. The number of pyridine rings is 1. The van der Waals surface area contributed by atoms with E-state index in [0.717, 1.165) is 38.9 Å². The van der Waals surface area contributed by atoms with E-state index >= 15 is 0 Å². The van der Waals surface area contributed by atoms with E-state index in [1.165, 1.54) is 0 Å². The lowest BCUT2D eigenvalue weighted by atomic mass is 9.96. The van der Waals surface area contributed by atoms with Crippen molar-refractivity contribution in [1.82, 2.24) is 29.7 Å². The number of hydrogen-bond acceptors (Lipinski definition) is 4. The number of fused-ring (bicyclic) bond motifs is 2. The summed E-state index contributed by atoms with van der Waals surface area (Å²) in [6.07, 6.45) is 5.40. The first-order valence-electron chi connectivity index (χ1n) is 12.2. The Balaban J connectivity index is 1.45. The van der Waals surface area contributed by atoms with Crippen molar-refractivity contribution in [3.63, 3.8) is 0 Å². The van der Waals surface area contributed by atoms with E-state index in [1.807, 2.05) is 74.8 Å². The maximum absolute atomic E-state index is 13.4. The number of anilines is 1. The van der Waals surface area contributed by atoms with Crippen LogP contribution < -0.4 is 11.1 Å². The fourth-order valence-corrected chi connectivity index (χ4v) is 4.82. The quantitative estimate of drug-likeness (QED) is 0.306. The molecule has 0 aliphatic carbocycles. The minimum absolute atomic E-state index is 0.189. The topological polar surface area (TPSA) is 106 Å². The van der Waals surface area contributed by atoms with Crippen molar-refractivity contribution in [3.05, 3.63) is 108 Å². The van der Waals surface area contributed by atoms with Crippen molar-refractivity contribution < 1.29 is 4.79 Å². The number of rotatable bonds is 4. The Labute approximate surface area is 219 Å². The summed E-state index contributed by atoms with van der Waals surface area (Å²) in [6.45, 7) is 1.96. The predicted molar refractivity (Wildman–Crippen MR) is 148 cm³/mol. The first-order chi connectivity index (χ1) is 18.5. The molecule has 2 aromatic carbocycles. The fourth-order valence-electron chi connectivity index (χ4n) is 4.82. The van der Waals surface area contributed by atoms with Gasteiger partial charge in [0, 0.05) is 47.2 Å². The first kappa shape index (κ1) is 23.1. The van der Waals surface area contributed by atoms with Crippen LogP contribution in [0, 0.1) is 11.8 Å². The number of carbonyl (C=O) groups is 1. The van der Waals surface area contributed by atoms with Gasteiger partial charge in [0.2, 0.25) is 0 Å². The Kier molecular flexibility index (Phi) is 5.66. The molecule has 0 bridgehead atoms. The lowest BCUT2D eigenvalue weighted by molar-refractivity contribution is 0.0942. The molecule has 4 heterocycles. The monoisotopic (exact) mass is 499 g/mol. The van der Waals surface area contributed by atoms with Gasteiger partial charge < -0.3 is 16.0 Å². The highest BCUT2D eigenvalue weighted by Crippen LogP contribution is 2.37. The zero-order valence-electron chi connectivity index (χ0n) is 20.9. The highest BCUT2D eigenvalue weighted by molar-refractivity contribution is 6.06. The summed E-state index contributed by atoms with van der Waals surface area (Å²) in [4.78, 5) is 17.0. The normalized spacial score (nSPS) is 11.8. The SMILES string of the molecule is CC(NC(=O)c1c(N)nn2ccccc12)c1[nH]c2cccc(C#Cc3cnn(C)c3)c2c1-c1ccccc1. The molecule has 1 unspecified atom stereocenters. The molecule has 4 N–H and O–H groups in total.